The van der Waals surface area contributed by atoms with Crippen LogP contribution in [0.5, 0.6) is 0 Å². The quantitative estimate of drug-likeness (QED) is 0.853. The molecule has 8 nitrogen and oxygen atoms in total. The van der Waals surface area contributed by atoms with Gasteiger partial charge >= 0.3 is 6.09 Å². The number of hydrogen-bond acceptors (Lipinski definition) is 6. The monoisotopic (exact) mass is 383 g/mol. The molecular formula is C20H25N5O3. The Morgan fingerprint density at radius 2 is 1.86 bits per heavy atom. The number of amides is 2. The van der Waals surface area contributed by atoms with Gasteiger partial charge in [0.2, 0.25) is 0 Å². The lowest BCUT2D eigenvalue weighted by Crippen LogP contribution is -2.50. The Kier molecular flexibility index (Phi) is 6.41. The van der Waals surface area contributed by atoms with Gasteiger partial charge in [0, 0.05) is 32.7 Å². The van der Waals surface area contributed by atoms with E-state index < -0.39 is 0 Å². The van der Waals surface area contributed by atoms with Crippen molar-refractivity contribution < 1.29 is 14.3 Å². The number of nitrogens with one attached hydrogen (secondary N) is 1. The molecule has 0 radical (unpaired) electrons. The van der Waals surface area contributed by atoms with Gasteiger partial charge in [0.25, 0.3) is 5.91 Å². The molecule has 0 saturated carbocycles. The smallest absolute Gasteiger partial charge is 0.409 e. The zero-order valence-electron chi connectivity index (χ0n) is 16.2. The molecule has 2 heterocycles. The van der Waals surface area contributed by atoms with Crippen LogP contribution in [-0.2, 0) is 11.3 Å². The predicted octanol–water partition coefficient (Wildman–Crippen LogP) is 2.31. The summed E-state index contributed by atoms with van der Waals surface area (Å²) in [5, 5.41) is 3.21. The van der Waals surface area contributed by atoms with Crippen LogP contribution in [0, 0.1) is 6.92 Å². The highest BCUT2D eigenvalue weighted by Crippen LogP contribution is 2.11. The number of hydrogen-bond donors (Lipinski definition) is 1. The summed E-state index contributed by atoms with van der Waals surface area (Å²) in [7, 11) is 0. The van der Waals surface area contributed by atoms with Gasteiger partial charge in [0.15, 0.2) is 0 Å². The standard InChI is InChI=1S/C20H25N5O3/c1-3-28-20(27)25-9-7-24(8-10-25)19(26)17-13-23-18(14-21-17)22-12-16-6-4-5-15(2)11-16/h4-6,11,13-14H,3,7-10,12H2,1-2H3,(H,22,23). The maximum absolute atomic E-state index is 12.6. The van der Waals surface area contributed by atoms with Crippen LogP contribution in [0.25, 0.3) is 0 Å². The first-order valence-corrected chi connectivity index (χ1v) is 9.39. The number of benzene rings is 1. The third kappa shape index (κ3) is 4.97. The fourth-order valence-electron chi connectivity index (χ4n) is 3.01. The lowest BCUT2D eigenvalue weighted by molar-refractivity contribution is 0.0565. The molecule has 1 aromatic carbocycles. The Morgan fingerprint density at radius 1 is 1.11 bits per heavy atom. The minimum atomic E-state index is -0.335. The maximum Gasteiger partial charge on any atom is 0.409 e. The topological polar surface area (TPSA) is 87.7 Å². The second kappa shape index (κ2) is 9.16. The number of ether oxygens (including phenoxy) is 1. The maximum atomic E-state index is 12.6. The van der Waals surface area contributed by atoms with E-state index in [1.807, 2.05) is 12.1 Å². The molecule has 0 unspecified atom stereocenters. The average molecular weight is 383 g/mol. The molecule has 1 aromatic heterocycles. The fraction of sp³-hybridized carbons (Fsp3) is 0.400. The molecule has 0 atom stereocenters. The number of carbonyl (C=O) groups is 2. The van der Waals surface area contributed by atoms with E-state index in [1.54, 1.807) is 22.9 Å². The molecule has 2 amide bonds. The molecule has 148 valence electrons. The van der Waals surface area contributed by atoms with Crippen molar-refractivity contribution >= 4 is 17.8 Å². The highest BCUT2D eigenvalue weighted by atomic mass is 16.6. The van der Waals surface area contributed by atoms with E-state index >= 15 is 0 Å². The van der Waals surface area contributed by atoms with Gasteiger partial charge in [-0.05, 0) is 19.4 Å². The normalized spacial score (nSPS) is 13.9. The Hall–Kier alpha value is -3.16. The van der Waals surface area contributed by atoms with Gasteiger partial charge in [-0.2, -0.15) is 0 Å². The fourth-order valence-corrected chi connectivity index (χ4v) is 3.01. The third-order valence-electron chi connectivity index (χ3n) is 4.52. The molecule has 0 spiro atoms. The van der Waals surface area contributed by atoms with Gasteiger partial charge in [0.05, 0.1) is 19.0 Å². The van der Waals surface area contributed by atoms with Gasteiger partial charge < -0.3 is 19.9 Å². The molecule has 1 saturated heterocycles. The minimum Gasteiger partial charge on any atom is -0.450 e. The van der Waals surface area contributed by atoms with Crippen molar-refractivity contribution in [3.8, 4) is 0 Å². The second-order valence-electron chi connectivity index (χ2n) is 6.61. The first kappa shape index (κ1) is 19.6. The van der Waals surface area contributed by atoms with Crippen LogP contribution >= 0.6 is 0 Å². The van der Waals surface area contributed by atoms with Crippen LogP contribution in [0.2, 0.25) is 0 Å². The van der Waals surface area contributed by atoms with E-state index in [0.717, 1.165) is 5.56 Å². The van der Waals surface area contributed by atoms with Gasteiger partial charge in [-0.25, -0.2) is 14.8 Å². The largest absolute Gasteiger partial charge is 0.450 e. The third-order valence-corrected chi connectivity index (χ3v) is 4.52. The van der Waals surface area contributed by atoms with Gasteiger partial charge in [-0.1, -0.05) is 29.8 Å². The Labute approximate surface area is 164 Å². The molecule has 0 bridgehead atoms. The average Bonchev–Trinajstić information content (AvgIpc) is 2.72. The summed E-state index contributed by atoms with van der Waals surface area (Å²) in [5.41, 5.74) is 2.65. The highest BCUT2D eigenvalue weighted by Gasteiger charge is 2.26. The minimum absolute atomic E-state index is 0.179. The van der Waals surface area contributed by atoms with E-state index in [0.29, 0.717) is 50.8 Å². The van der Waals surface area contributed by atoms with Crippen LogP contribution in [-0.4, -0.2) is 64.6 Å². The molecule has 0 aliphatic carbocycles. The van der Waals surface area contributed by atoms with Crippen LogP contribution in [0.3, 0.4) is 0 Å². The summed E-state index contributed by atoms with van der Waals surface area (Å²) in [5.74, 6) is 0.437. The summed E-state index contributed by atoms with van der Waals surface area (Å²) in [4.78, 5) is 36.2. The predicted molar refractivity (Wildman–Crippen MR) is 105 cm³/mol. The van der Waals surface area contributed by atoms with E-state index in [-0.39, 0.29) is 12.0 Å². The lowest BCUT2D eigenvalue weighted by atomic mass is 10.1. The van der Waals surface area contributed by atoms with Crippen molar-refractivity contribution in [1.29, 1.82) is 0 Å². The number of carbonyl (C=O) groups excluding carboxylic acids is 2. The zero-order valence-corrected chi connectivity index (χ0v) is 16.2. The number of piperazine rings is 1. The van der Waals surface area contributed by atoms with Crippen LogP contribution in [0.15, 0.2) is 36.7 Å². The molecule has 28 heavy (non-hydrogen) atoms. The molecule has 1 fully saturated rings. The molecule has 3 rings (SSSR count). The van der Waals surface area contributed by atoms with Gasteiger partial charge in [-0.15, -0.1) is 0 Å². The van der Waals surface area contributed by atoms with Crippen LogP contribution < -0.4 is 5.32 Å². The number of rotatable bonds is 5. The van der Waals surface area contributed by atoms with Crippen molar-refractivity contribution in [3.63, 3.8) is 0 Å². The van der Waals surface area contributed by atoms with Crippen molar-refractivity contribution in [3.05, 3.63) is 53.5 Å². The summed E-state index contributed by atoms with van der Waals surface area (Å²) < 4.78 is 4.99. The molecule has 1 N–H and O–H groups in total. The molecular weight excluding hydrogens is 358 g/mol. The Balaban J connectivity index is 1.52. The summed E-state index contributed by atoms with van der Waals surface area (Å²) in [6.45, 7) is 6.62. The first-order chi connectivity index (χ1) is 13.6. The number of aromatic nitrogens is 2. The highest BCUT2D eigenvalue weighted by molar-refractivity contribution is 5.92. The first-order valence-electron chi connectivity index (χ1n) is 9.39. The summed E-state index contributed by atoms with van der Waals surface area (Å²) in [6, 6.07) is 8.22. The van der Waals surface area contributed by atoms with Crippen molar-refractivity contribution in [2.45, 2.75) is 20.4 Å². The van der Waals surface area contributed by atoms with Crippen LogP contribution in [0.4, 0.5) is 10.6 Å². The zero-order chi connectivity index (χ0) is 19.9. The van der Waals surface area contributed by atoms with Crippen molar-refractivity contribution in [2.24, 2.45) is 0 Å². The van der Waals surface area contributed by atoms with Crippen molar-refractivity contribution in [2.75, 3.05) is 38.1 Å². The molecule has 8 heteroatoms. The Bertz CT molecular complexity index is 817. The number of nitrogens with zero attached hydrogens (tertiary/aromatic N) is 4. The summed E-state index contributed by atoms with van der Waals surface area (Å²) >= 11 is 0. The van der Waals surface area contributed by atoms with Gasteiger partial charge in [-0.3, -0.25) is 4.79 Å². The molecule has 2 aromatic rings. The lowest BCUT2D eigenvalue weighted by Gasteiger charge is -2.33. The van der Waals surface area contributed by atoms with E-state index in [4.69, 9.17) is 4.74 Å². The SMILES string of the molecule is CCOC(=O)N1CCN(C(=O)c2cnc(NCc3cccc(C)c3)cn2)CC1. The number of aryl methyl sites for hydroxylation is 1. The number of anilines is 1. The van der Waals surface area contributed by atoms with Gasteiger partial charge in [0.1, 0.15) is 11.5 Å². The van der Waals surface area contributed by atoms with Crippen molar-refractivity contribution in [1.82, 2.24) is 19.8 Å². The van der Waals surface area contributed by atoms with E-state index in [1.165, 1.54) is 11.8 Å². The Morgan fingerprint density at radius 3 is 2.50 bits per heavy atom. The van der Waals surface area contributed by atoms with Crippen LogP contribution in [0.1, 0.15) is 28.5 Å². The molecule has 1 aliphatic heterocycles. The van der Waals surface area contributed by atoms with E-state index in [9.17, 15) is 9.59 Å². The second-order valence-corrected chi connectivity index (χ2v) is 6.61. The molecule has 1 aliphatic rings. The van der Waals surface area contributed by atoms with E-state index in [2.05, 4.69) is 34.3 Å². The summed E-state index contributed by atoms with van der Waals surface area (Å²) in [6.07, 6.45) is 2.72.